The van der Waals surface area contributed by atoms with E-state index in [4.69, 9.17) is 9.73 Å². The first kappa shape index (κ1) is 19.2. The van der Waals surface area contributed by atoms with E-state index in [0.717, 1.165) is 29.3 Å². The van der Waals surface area contributed by atoms with Gasteiger partial charge in [0.25, 0.3) is 5.91 Å². The Hall–Kier alpha value is -2.62. The average molecular weight is 364 g/mol. The van der Waals surface area contributed by atoms with Crippen LogP contribution >= 0.6 is 0 Å². The van der Waals surface area contributed by atoms with Gasteiger partial charge in [0.1, 0.15) is 11.6 Å². The molecule has 4 nitrogen and oxygen atoms in total. The van der Waals surface area contributed by atoms with Crippen LogP contribution in [-0.4, -0.2) is 24.4 Å². The van der Waals surface area contributed by atoms with Crippen LogP contribution in [0.1, 0.15) is 57.0 Å². The van der Waals surface area contributed by atoms with Crippen LogP contribution in [0.25, 0.3) is 0 Å². The minimum absolute atomic E-state index is 0.0407. The molecular weight excluding hydrogens is 336 g/mol. The number of carbonyl (C=O) groups is 1. The Balaban J connectivity index is 2.10. The topological polar surface area (TPSA) is 41.9 Å². The summed E-state index contributed by atoms with van der Waals surface area (Å²) in [7, 11) is 1.63. The van der Waals surface area contributed by atoms with Gasteiger partial charge in [-0.05, 0) is 56.0 Å². The molecule has 1 aliphatic heterocycles. The predicted octanol–water partition coefficient (Wildman–Crippen LogP) is 5.32. The number of anilines is 1. The van der Waals surface area contributed by atoms with Gasteiger partial charge < -0.3 is 4.74 Å². The fraction of sp³-hybridized carbons (Fsp3) is 0.391. The molecule has 0 radical (unpaired) electrons. The van der Waals surface area contributed by atoms with Crippen molar-refractivity contribution in [3.63, 3.8) is 0 Å². The summed E-state index contributed by atoms with van der Waals surface area (Å²) in [6.45, 7) is 10.9. The molecule has 0 saturated carbocycles. The molecule has 142 valence electrons. The molecule has 0 saturated heterocycles. The van der Waals surface area contributed by atoms with Crippen LogP contribution in [0.15, 0.2) is 53.5 Å². The van der Waals surface area contributed by atoms with Crippen molar-refractivity contribution in [3.05, 3.63) is 59.7 Å². The lowest BCUT2D eigenvalue weighted by molar-refractivity contribution is 0.101. The number of carbonyl (C=O) groups excluding carboxylic acids is 1. The van der Waals surface area contributed by atoms with E-state index in [2.05, 4.69) is 34.6 Å². The van der Waals surface area contributed by atoms with Crippen molar-refractivity contribution in [2.24, 2.45) is 10.4 Å². The molecule has 1 amide bonds. The molecule has 3 rings (SSSR count). The fourth-order valence-electron chi connectivity index (χ4n) is 3.91. The monoisotopic (exact) mass is 364 g/mol. The minimum Gasteiger partial charge on any atom is -0.497 e. The van der Waals surface area contributed by atoms with Crippen LogP contribution in [-0.2, 0) is 0 Å². The number of hydrogen-bond donors (Lipinski definition) is 0. The number of hydrogen-bond acceptors (Lipinski definition) is 3. The van der Waals surface area contributed by atoms with Crippen LogP contribution in [0.2, 0.25) is 0 Å². The van der Waals surface area contributed by atoms with Gasteiger partial charge in [0.15, 0.2) is 0 Å². The van der Waals surface area contributed by atoms with Gasteiger partial charge in [-0.2, -0.15) is 0 Å². The summed E-state index contributed by atoms with van der Waals surface area (Å²) in [5.74, 6) is 1.44. The van der Waals surface area contributed by atoms with Crippen LogP contribution < -0.4 is 9.64 Å². The van der Waals surface area contributed by atoms with E-state index in [0.29, 0.717) is 5.56 Å². The third-order valence-corrected chi connectivity index (χ3v) is 4.52. The third kappa shape index (κ3) is 4.05. The standard InChI is InChI=1S/C23H28N2O2/c1-22(2,3)15-23(4,5)24-20-18-9-7-8-10-19(18)21(26)25(20)16-11-13-17(27-6)14-12-16/h7-14H,15H2,1-6H3. The molecule has 0 fully saturated rings. The molecule has 1 heterocycles. The smallest absolute Gasteiger partial charge is 0.264 e. The average Bonchev–Trinajstić information content (AvgIpc) is 2.85. The SMILES string of the molecule is COc1ccc(N2C(=O)c3ccccc3C2=NC(C)(C)CC(C)(C)C)cc1. The van der Waals surface area contributed by atoms with Gasteiger partial charge in [-0.25, -0.2) is 0 Å². The highest BCUT2D eigenvalue weighted by atomic mass is 16.5. The number of methoxy groups -OCH3 is 1. The largest absolute Gasteiger partial charge is 0.497 e. The number of amidine groups is 1. The lowest BCUT2D eigenvalue weighted by atomic mass is 9.82. The lowest BCUT2D eigenvalue weighted by Crippen LogP contribution is -2.34. The highest BCUT2D eigenvalue weighted by molar-refractivity contribution is 6.36. The zero-order valence-electron chi connectivity index (χ0n) is 17.0. The summed E-state index contributed by atoms with van der Waals surface area (Å²) in [4.78, 5) is 19.9. The molecule has 0 aromatic heterocycles. The number of amides is 1. The van der Waals surface area contributed by atoms with E-state index >= 15 is 0 Å². The summed E-state index contributed by atoms with van der Waals surface area (Å²) in [5.41, 5.74) is 2.22. The second kappa shape index (κ2) is 6.84. The van der Waals surface area contributed by atoms with Gasteiger partial charge >= 0.3 is 0 Å². The number of benzene rings is 2. The van der Waals surface area contributed by atoms with E-state index in [1.54, 1.807) is 12.0 Å². The van der Waals surface area contributed by atoms with E-state index in [-0.39, 0.29) is 16.9 Å². The van der Waals surface area contributed by atoms with Gasteiger partial charge in [-0.3, -0.25) is 14.7 Å². The summed E-state index contributed by atoms with van der Waals surface area (Å²) in [5, 5.41) is 0. The van der Waals surface area contributed by atoms with Crippen molar-refractivity contribution in [1.29, 1.82) is 0 Å². The molecule has 0 unspecified atom stereocenters. The van der Waals surface area contributed by atoms with Gasteiger partial charge in [0.2, 0.25) is 0 Å². The normalized spacial score (nSPS) is 16.0. The van der Waals surface area contributed by atoms with Gasteiger partial charge in [0, 0.05) is 5.56 Å². The van der Waals surface area contributed by atoms with Crippen molar-refractivity contribution in [3.8, 4) is 5.75 Å². The molecule has 2 aromatic rings. The molecule has 0 N–H and O–H groups in total. The Morgan fingerprint density at radius 2 is 1.52 bits per heavy atom. The molecule has 1 aliphatic rings. The summed E-state index contributed by atoms with van der Waals surface area (Å²) < 4.78 is 5.25. The number of ether oxygens (including phenoxy) is 1. The predicted molar refractivity (Wildman–Crippen MR) is 111 cm³/mol. The fourth-order valence-corrected chi connectivity index (χ4v) is 3.91. The molecule has 0 bridgehead atoms. The molecule has 2 aromatic carbocycles. The number of aliphatic imine (C=N–C) groups is 1. The Bertz CT molecular complexity index is 874. The van der Waals surface area contributed by atoms with Crippen molar-refractivity contribution >= 4 is 17.4 Å². The van der Waals surface area contributed by atoms with Crippen LogP contribution in [0, 0.1) is 5.41 Å². The quantitative estimate of drug-likeness (QED) is 0.737. The van der Waals surface area contributed by atoms with Crippen molar-refractivity contribution in [2.45, 2.75) is 46.6 Å². The molecular formula is C23H28N2O2. The molecule has 0 aliphatic carbocycles. The summed E-state index contributed by atoms with van der Waals surface area (Å²) in [6, 6.07) is 15.2. The van der Waals surface area contributed by atoms with Crippen molar-refractivity contribution in [1.82, 2.24) is 0 Å². The van der Waals surface area contributed by atoms with Gasteiger partial charge in [-0.15, -0.1) is 0 Å². The Morgan fingerprint density at radius 3 is 2.07 bits per heavy atom. The summed E-state index contributed by atoms with van der Waals surface area (Å²) >= 11 is 0. The van der Waals surface area contributed by atoms with Crippen LogP contribution in [0.3, 0.4) is 0 Å². The first-order valence-corrected chi connectivity index (χ1v) is 9.29. The molecule has 27 heavy (non-hydrogen) atoms. The summed E-state index contributed by atoms with van der Waals surface area (Å²) in [6.07, 6.45) is 0.913. The Kier molecular flexibility index (Phi) is 4.85. The first-order valence-electron chi connectivity index (χ1n) is 9.29. The Morgan fingerprint density at radius 1 is 0.926 bits per heavy atom. The van der Waals surface area contributed by atoms with E-state index < -0.39 is 0 Å². The van der Waals surface area contributed by atoms with Crippen LogP contribution in [0.4, 0.5) is 5.69 Å². The molecule has 0 atom stereocenters. The highest BCUT2D eigenvalue weighted by Crippen LogP contribution is 2.34. The lowest BCUT2D eigenvalue weighted by Gasteiger charge is -2.30. The highest BCUT2D eigenvalue weighted by Gasteiger charge is 2.36. The van der Waals surface area contributed by atoms with Crippen molar-refractivity contribution < 1.29 is 9.53 Å². The zero-order valence-corrected chi connectivity index (χ0v) is 17.0. The van der Waals surface area contributed by atoms with E-state index in [1.165, 1.54) is 0 Å². The van der Waals surface area contributed by atoms with Crippen molar-refractivity contribution in [2.75, 3.05) is 12.0 Å². The Labute approximate surface area is 161 Å². The van der Waals surface area contributed by atoms with E-state index in [9.17, 15) is 4.79 Å². The van der Waals surface area contributed by atoms with Crippen LogP contribution in [0.5, 0.6) is 5.75 Å². The minimum atomic E-state index is -0.296. The second-order valence-electron chi connectivity index (χ2n) is 8.87. The molecule has 0 spiro atoms. The van der Waals surface area contributed by atoms with Gasteiger partial charge in [-0.1, -0.05) is 39.0 Å². The number of fused-ring (bicyclic) bond motifs is 1. The maximum atomic E-state index is 13.1. The maximum absolute atomic E-state index is 13.1. The zero-order chi connectivity index (χ0) is 19.8. The molecule has 4 heteroatoms. The number of rotatable bonds is 4. The first-order chi connectivity index (χ1) is 12.6. The third-order valence-electron chi connectivity index (χ3n) is 4.52. The van der Waals surface area contributed by atoms with E-state index in [1.807, 2.05) is 48.5 Å². The maximum Gasteiger partial charge on any atom is 0.264 e. The number of nitrogens with zero attached hydrogens (tertiary/aromatic N) is 2. The second-order valence-corrected chi connectivity index (χ2v) is 8.87. The van der Waals surface area contributed by atoms with Gasteiger partial charge in [0.05, 0.1) is 23.9 Å².